The molecule has 6 nitrogen and oxygen atoms in total. The van der Waals surface area contributed by atoms with E-state index in [9.17, 15) is 4.79 Å². The molecule has 0 bridgehead atoms. The number of nitrogens with zero attached hydrogens (tertiary/aromatic N) is 2. The number of hydrogen-bond donors (Lipinski definition) is 3. The van der Waals surface area contributed by atoms with Gasteiger partial charge in [-0.1, -0.05) is 19.3 Å². The van der Waals surface area contributed by atoms with E-state index in [1.807, 2.05) is 0 Å². The molecule has 1 amide bonds. The monoisotopic (exact) mass is 334 g/mol. The molecule has 1 heterocycles. The van der Waals surface area contributed by atoms with Crippen molar-refractivity contribution in [3.63, 3.8) is 0 Å². The van der Waals surface area contributed by atoms with E-state index in [1.54, 1.807) is 7.05 Å². The first-order valence-electron chi connectivity index (χ1n) is 9.37. The summed E-state index contributed by atoms with van der Waals surface area (Å²) >= 11 is 0. The standard InChI is InChI=1S/C18H30N4O2/c1-19-18(24)17-15-11-14(20-9-10-23)7-8-16(15)22(21-17)12-13-5-3-2-4-6-13/h13-14,20,23H,2-12H2,1H3,(H,19,24). The fourth-order valence-electron chi connectivity index (χ4n) is 4.20. The molecule has 1 aromatic heterocycles. The van der Waals surface area contributed by atoms with Gasteiger partial charge in [0.25, 0.3) is 5.91 Å². The molecule has 3 rings (SSSR count). The summed E-state index contributed by atoms with van der Waals surface area (Å²) in [5.74, 6) is 0.613. The lowest BCUT2D eigenvalue weighted by Gasteiger charge is -2.26. The van der Waals surface area contributed by atoms with Crippen molar-refractivity contribution >= 4 is 5.91 Å². The summed E-state index contributed by atoms with van der Waals surface area (Å²) < 4.78 is 2.12. The van der Waals surface area contributed by atoms with Crippen molar-refractivity contribution in [1.82, 2.24) is 20.4 Å². The SMILES string of the molecule is CNC(=O)c1nn(CC2CCCCC2)c2c1CC(NCCO)CC2. The van der Waals surface area contributed by atoms with Gasteiger partial charge in [0.15, 0.2) is 5.69 Å². The van der Waals surface area contributed by atoms with Gasteiger partial charge in [-0.2, -0.15) is 5.10 Å². The molecule has 1 saturated carbocycles. The van der Waals surface area contributed by atoms with E-state index in [2.05, 4.69) is 15.3 Å². The maximum absolute atomic E-state index is 12.3. The first-order chi connectivity index (χ1) is 11.7. The number of amides is 1. The topological polar surface area (TPSA) is 79.2 Å². The van der Waals surface area contributed by atoms with Crippen LogP contribution in [0.15, 0.2) is 0 Å². The van der Waals surface area contributed by atoms with E-state index in [0.29, 0.717) is 24.2 Å². The number of carbonyl (C=O) groups is 1. The van der Waals surface area contributed by atoms with Crippen molar-refractivity contribution in [3.05, 3.63) is 17.0 Å². The number of nitrogens with one attached hydrogen (secondary N) is 2. The lowest BCUT2D eigenvalue weighted by Crippen LogP contribution is -2.37. The third-order valence-electron chi connectivity index (χ3n) is 5.49. The van der Waals surface area contributed by atoms with Crippen LogP contribution in [0.4, 0.5) is 0 Å². The van der Waals surface area contributed by atoms with Gasteiger partial charge in [-0.25, -0.2) is 0 Å². The van der Waals surface area contributed by atoms with E-state index in [0.717, 1.165) is 31.4 Å². The third-order valence-corrected chi connectivity index (χ3v) is 5.49. The minimum absolute atomic E-state index is 0.0866. The Kier molecular flexibility index (Phi) is 5.89. The van der Waals surface area contributed by atoms with Crippen molar-refractivity contribution in [2.45, 2.75) is 64.0 Å². The van der Waals surface area contributed by atoms with E-state index in [1.165, 1.54) is 37.8 Å². The molecule has 2 aliphatic carbocycles. The summed E-state index contributed by atoms with van der Waals surface area (Å²) in [5.41, 5.74) is 2.95. The zero-order chi connectivity index (χ0) is 16.9. The Bertz CT molecular complexity index is 564. The van der Waals surface area contributed by atoms with Crippen LogP contribution in [0.1, 0.15) is 60.3 Å². The first-order valence-corrected chi connectivity index (χ1v) is 9.37. The Hall–Kier alpha value is -1.40. The van der Waals surface area contributed by atoms with Crippen molar-refractivity contribution in [2.24, 2.45) is 5.92 Å². The number of fused-ring (bicyclic) bond motifs is 1. The molecule has 0 radical (unpaired) electrons. The van der Waals surface area contributed by atoms with Crippen molar-refractivity contribution in [2.75, 3.05) is 20.2 Å². The molecule has 6 heteroatoms. The highest BCUT2D eigenvalue weighted by atomic mass is 16.3. The van der Waals surface area contributed by atoms with Gasteiger partial charge >= 0.3 is 0 Å². The van der Waals surface area contributed by atoms with Gasteiger partial charge in [0.2, 0.25) is 0 Å². The van der Waals surface area contributed by atoms with Crippen molar-refractivity contribution in [1.29, 1.82) is 0 Å². The second kappa shape index (κ2) is 8.12. The van der Waals surface area contributed by atoms with Crippen molar-refractivity contribution < 1.29 is 9.90 Å². The number of aromatic nitrogens is 2. The summed E-state index contributed by atoms with van der Waals surface area (Å²) in [6, 6.07) is 0.320. The van der Waals surface area contributed by atoms with Gasteiger partial charge in [0.1, 0.15) is 0 Å². The van der Waals surface area contributed by atoms with Crippen LogP contribution < -0.4 is 10.6 Å². The quantitative estimate of drug-likeness (QED) is 0.732. The second-order valence-electron chi connectivity index (χ2n) is 7.16. The highest BCUT2D eigenvalue weighted by Gasteiger charge is 2.29. The van der Waals surface area contributed by atoms with E-state index >= 15 is 0 Å². The molecule has 1 aromatic rings. The molecule has 24 heavy (non-hydrogen) atoms. The maximum atomic E-state index is 12.3. The lowest BCUT2D eigenvalue weighted by molar-refractivity contribution is 0.0956. The lowest BCUT2D eigenvalue weighted by atomic mass is 9.88. The first kappa shape index (κ1) is 17.4. The van der Waals surface area contributed by atoms with Gasteiger partial charge in [-0.15, -0.1) is 0 Å². The van der Waals surface area contributed by atoms with Gasteiger partial charge in [0.05, 0.1) is 6.61 Å². The Morgan fingerprint density at radius 3 is 2.79 bits per heavy atom. The van der Waals surface area contributed by atoms with E-state index in [-0.39, 0.29) is 12.5 Å². The summed E-state index contributed by atoms with van der Waals surface area (Å²) in [6.45, 7) is 1.70. The molecular formula is C18H30N4O2. The summed E-state index contributed by atoms with van der Waals surface area (Å²) in [7, 11) is 1.67. The maximum Gasteiger partial charge on any atom is 0.271 e. The van der Waals surface area contributed by atoms with Crippen molar-refractivity contribution in [3.8, 4) is 0 Å². The Morgan fingerprint density at radius 2 is 2.08 bits per heavy atom. The molecular weight excluding hydrogens is 304 g/mol. The van der Waals surface area contributed by atoms with Crippen LogP contribution in [0.25, 0.3) is 0 Å². The van der Waals surface area contributed by atoms with Crippen LogP contribution in [0.3, 0.4) is 0 Å². The van der Waals surface area contributed by atoms with Crippen LogP contribution in [0.5, 0.6) is 0 Å². The number of aliphatic hydroxyl groups excluding tert-OH is 1. The number of hydrogen-bond acceptors (Lipinski definition) is 4. The van der Waals surface area contributed by atoms with Crippen LogP contribution in [0.2, 0.25) is 0 Å². The Balaban J connectivity index is 1.80. The second-order valence-corrected chi connectivity index (χ2v) is 7.16. The molecule has 3 N–H and O–H groups in total. The van der Waals surface area contributed by atoms with Gasteiger partial charge in [0, 0.05) is 37.4 Å². The predicted octanol–water partition coefficient (Wildman–Crippen LogP) is 1.26. The van der Waals surface area contributed by atoms with E-state index < -0.39 is 0 Å². The van der Waals surface area contributed by atoms with Gasteiger partial charge < -0.3 is 15.7 Å². The molecule has 1 unspecified atom stereocenters. The molecule has 0 aromatic carbocycles. The zero-order valence-corrected chi connectivity index (χ0v) is 14.7. The molecule has 0 saturated heterocycles. The molecule has 0 aliphatic heterocycles. The summed E-state index contributed by atoms with van der Waals surface area (Å²) in [4.78, 5) is 12.3. The molecule has 134 valence electrons. The van der Waals surface area contributed by atoms with Crippen LogP contribution in [-0.4, -0.2) is 47.0 Å². The number of rotatable bonds is 6. The zero-order valence-electron chi connectivity index (χ0n) is 14.7. The molecule has 1 atom stereocenters. The van der Waals surface area contributed by atoms with E-state index in [4.69, 9.17) is 10.2 Å². The Morgan fingerprint density at radius 1 is 1.29 bits per heavy atom. The smallest absolute Gasteiger partial charge is 0.271 e. The van der Waals surface area contributed by atoms with Crippen LogP contribution >= 0.6 is 0 Å². The fraction of sp³-hybridized carbons (Fsp3) is 0.778. The van der Waals surface area contributed by atoms with Crippen LogP contribution in [-0.2, 0) is 19.4 Å². The van der Waals surface area contributed by atoms with Gasteiger partial charge in [-0.05, 0) is 38.0 Å². The average Bonchev–Trinajstić information content (AvgIpc) is 2.98. The molecule has 0 spiro atoms. The fourth-order valence-corrected chi connectivity index (χ4v) is 4.20. The van der Waals surface area contributed by atoms with Crippen LogP contribution in [0, 0.1) is 5.92 Å². The highest BCUT2D eigenvalue weighted by Crippen LogP contribution is 2.29. The number of carbonyl (C=O) groups excluding carboxylic acids is 1. The largest absolute Gasteiger partial charge is 0.395 e. The minimum Gasteiger partial charge on any atom is -0.395 e. The Labute approximate surface area is 144 Å². The minimum atomic E-state index is -0.0866. The van der Waals surface area contributed by atoms with Gasteiger partial charge in [-0.3, -0.25) is 9.48 Å². The summed E-state index contributed by atoms with van der Waals surface area (Å²) in [5, 5.41) is 19.8. The summed E-state index contributed by atoms with van der Waals surface area (Å²) in [6.07, 6.45) is 9.38. The predicted molar refractivity (Wildman–Crippen MR) is 93.1 cm³/mol. The highest BCUT2D eigenvalue weighted by molar-refractivity contribution is 5.93. The molecule has 2 aliphatic rings. The normalized spacial score (nSPS) is 21.5. The average molecular weight is 334 g/mol. The molecule has 1 fully saturated rings. The third kappa shape index (κ3) is 3.81. The number of aliphatic hydroxyl groups is 1.